The monoisotopic (exact) mass is 422 g/mol. The van der Waals surface area contributed by atoms with Crippen LogP contribution in [0.2, 0.25) is 0 Å². The Morgan fingerprint density at radius 2 is 1.72 bits per heavy atom. The van der Waals surface area contributed by atoms with E-state index in [9.17, 15) is 13.2 Å². The molecule has 0 aliphatic carbocycles. The molecule has 2 saturated heterocycles. The lowest BCUT2D eigenvalue weighted by Crippen LogP contribution is -3.15. The van der Waals surface area contributed by atoms with Gasteiger partial charge in [-0.2, -0.15) is 4.31 Å². The topological polar surface area (TPSA) is 62.1 Å². The van der Waals surface area contributed by atoms with Gasteiger partial charge in [-0.05, 0) is 41.9 Å². The number of quaternary nitrogens is 1. The minimum absolute atomic E-state index is 0.00400. The standard InChI is InChI=1S/C22H35N3O3S/c1-18-6-5-11-24(16-18)21(26)17-23-12-14-25(15-13-23)29(27,28)20-9-7-19(8-10-20)22(2,3)4/h7-10,18H,5-6,11-17H2,1-4H3/p+1/t18-/m0/s1. The van der Waals surface area contributed by atoms with Gasteiger partial charge in [0.15, 0.2) is 6.54 Å². The highest BCUT2D eigenvalue weighted by atomic mass is 32.2. The molecule has 2 heterocycles. The molecule has 1 N–H and O–H groups in total. The van der Waals surface area contributed by atoms with Crippen LogP contribution in [0.15, 0.2) is 29.2 Å². The van der Waals surface area contributed by atoms with Crippen LogP contribution in [-0.4, -0.2) is 69.3 Å². The Morgan fingerprint density at radius 3 is 2.28 bits per heavy atom. The lowest BCUT2D eigenvalue weighted by molar-refractivity contribution is -0.896. The van der Waals surface area contributed by atoms with Crippen LogP contribution < -0.4 is 4.90 Å². The molecule has 2 aliphatic heterocycles. The molecule has 0 radical (unpaired) electrons. The smallest absolute Gasteiger partial charge is 0.277 e. The second kappa shape index (κ2) is 8.74. The van der Waals surface area contributed by atoms with Gasteiger partial charge in [0.05, 0.1) is 31.1 Å². The fraction of sp³-hybridized carbons (Fsp3) is 0.682. The summed E-state index contributed by atoms with van der Waals surface area (Å²) in [7, 11) is -3.48. The van der Waals surface area contributed by atoms with E-state index < -0.39 is 10.0 Å². The van der Waals surface area contributed by atoms with Gasteiger partial charge in [-0.3, -0.25) is 4.79 Å². The number of amides is 1. The molecule has 162 valence electrons. The minimum Gasteiger partial charge on any atom is -0.338 e. The zero-order chi connectivity index (χ0) is 21.2. The summed E-state index contributed by atoms with van der Waals surface area (Å²) in [6.45, 7) is 13.0. The van der Waals surface area contributed by atoms with Crippen LogP contribution in [-0.2, 0) is 20.2 Å². The van der Waals surface area contributed by atoms with E-state index in [1.165, 1.54) is 11.3 Å². The van der Waals surface area contributed by atoms with Gasteiger partial charge in [-0.15, -0.1) is 0 Å². The summed E-state index contributed by atoms with van der Waals surface area (Å²) in [5.74, 6) is 0.787. The Balaban J connectivity index is 1.56. The first-order chi connectivity index (χ1) is 13.6. The second-order valence-electron chi connectivity index (χ2n) is 9.69. The van der Waals surface area contributed by atoms with Gasteiger partial charge in [-0.1, -0.05) is 39.8 Å². The van der Waals surface area contributed by atoms with Crippen LogP contribution in [0.25, 0.3) is 0 Å². The van der Waals surface area contributed by atoms with Crippen molar-refractivity contribution in [2.24, 2.45) is 5.92 Å². The predicted molar refractivity (Wildman–Crippen MR) is 114 cm³/mol. The van der Waals surface area contributed by atoms with E-state index in [-0.39, 0.29) is 11.3 Å². The molecule has 1 aromatic rings. The van der Waals surface area contributed by atoms with Gasteiger partial charge >= 0.3 is 0 Å². The lowest BCUT2D eigenvalue weighted by atomic mass is 9.87. The van der Waals surface area contributed by atoms with Crippen molar-refractivity contribution in [3.8, 4) is 0 Å². The van der Waals surface area contributed by atoms with Gasteiger partial charge in [0.2, 0.25) is 10.0 Å². The highest BCUT2D eigenvalue weighted by Crippen LogP contribution is 2.24. The van der Waals surface area contributed by atoms with Crippen molar-refractivity contribution in [2.45, 2.75) is 50.8 Å². The van der Waals surface area contributed by atoms with Crippen LogP contribution in [0, 0.1) is 5.92 Å². The van der Waals surface area contributed by atoms with Crippen LogP contribution >= 0.6 is 0 Å². The molecule has 7 heteroatoms. The van der Waals surface area contributed by atoms with E-state index in [1.807, 2.05) is 17.0 Å². The van der Waals surface area contributed by atoms with Crippen molar-refractivity contribution in [1.29, 1.82) is 0 Å². The fourth-order valence-corrected chi connectivity index (χ4v) is 5.68. The quantitative estimate of drug-likeness (QED) is 0.791. The maximum Gasteiger partial charge on any atom is 0.277 e. The van der Waals surface area contributed by atoms with Crippen LogP contribution in [0.4, 0.5) is 0 Å². The third kappa shape index (κ3) is 5.38. The Labute approximate surface area is 175 Å². The first-order valence-electron chi connectivity index (χ1n) is 10.8. The molecular weight excluding hydrogens is 386 g/mol. The van der Waals surface area contributed by atoms with Crippen molar-refractivity contribution in [1.82, 2.24) is 9.21 Å². The van der Waals surface area contributed by atoms with Gasteiger partial charge in [0, 0.05) is 13.1 Å². The normalized spacial score (nSPS) is 22.6. The summed E-state index contributed by atoms with van der Waals surface area (Å²) in [5, 5.41) is 0. The summed E-state index contributed by atoms with van der Waals surface area (Å²) in [6.07, 6.45) is 2.28. The zero-order valence-electron chi connectivity index (χ0n) is 18.3. The van der Waals surface area contributed by atoms with Gasteiger partial charge < -0.3 is 9.80 Å². The van der Waals surface area contributed by atoms with Crippen molar-refractivity contribution in [2.75, 3.05) is 45.8 Å². The highest BCUT2D eigenvalue weighted by molar-refractivity contribution is 7.89. The number of carbonyl (C=O) groups is 1. The van der Waals surface area contributed by atoms with E-state index in [4.69, 9.17) is 0 Å². The first-order valence-corrected chi connectivity index (χ1v) is 12.2. The molecule has 1 atom stereocenters. The third-order valence-electron chi connectivity index (χ3n) is 6.20. The van der Waals surface area contributed by atoms with E-state index in [0.29, 0.717) is 43.5 Å². The summed E-state index contributed by atoms with van der Waals surface area (Å²) < 4.78 is 27.6. The largest absolute Gasteiger partial charge is 0.338 e. The molecule has 0 bridgehead atoms. The minimum atomic E-state index is -3.48. The zero-order valence-corrected chi connectivity index (χ0v) is 19.1. The number of likely N-dealkylation sites (tertiary alicyclic amines) is 1. The molecule has 0 unspecified atom stereocenters. The predicted octanol–water partition coefficient (Wildman–Crippen LogP) is 1.13. The molecule has 0 saturated carbocycles. The number of hydrogen-bond acceptors (Lipinski definition) is 3. The number of sulfonamides is 1. The third-order valence-corrected chi connectivity index (χ3v) is 8.11. The Hall–Kier alpha value is -1.44. The van der Waals surface area contributed by atoms with Crippen molar-refractivity contribution >= 4 is 15.9 Å². The van der Waals surface area contributed by atoms with E-state index >= 15 is 0 Å². The number of carbonyl (C=O) groups excluding carboxylic acids is 1. The molecule has 2 aliphatic rings. The summed E-state index contributed by atoms with van der Waals surface area (Å²) in [5.41, 5.74) is 1.12. The number of rotatable bonds is 4. The second-order valence-corrected chi connectivity index (χ2v) is 11.6. The number of piperidine rings is 1. The molecule has 29 heavy (non-hydrogen) atoms. The molecule has 3 rings (SSSR count). The summed E-state index contributed by atoms with van der Waals surface area (Å²) in [6, 6.07) is 7.26. The van der Waals surface area contributed by atoms with Crippen LogP contribution in [0.1, 0.15) is 46.1 Å². The SMILES string of the molecule is C[C@H]1CCCN(C(=O)C[NH+]2CCN(S(=O)(=O)c3ccc(C(C)(C)C)cc3)CC2)C1. The van der Waals surface area contributed by atoms with Gasteiger partial charge in [0.25, 0.3) is 5.91 Å². The average Bonchev–Trinajstić information content (AvgIpc) is 2.68. The van der Waals surface area contributed by atoms with E-state index in [2.05, 4.69) is 27.7 Å². The van der Waals surface area contributed by atoms with Crippen LogP contribution in [0.3, 0.4) is 0 Å². The van der Waals surface area contributed by atoms with Crippen molar-refractivity contribution in [3.05, 3.63) is 29.8 Å². The van der Waals surface area contributed by atoms with Crippen molar-refractivity contribution in [3.63, 3.8) is 0 Å². The molecule has 0 aromatic heterocycles. The first kappa shape index (κ1) is 22.2. The van der Waals surface area contributed by atoms with Crippen LogP contribution in [0.5, 0.6) is 0 Å². The van der Waals surface area contributed by atoms with E-state index in [1.54, 1.807) is 16.4 Å². The molecule has 2 fully saturated rings. The molecule has 1 aromatic carbocycles. The molecule has 1 amide bonds. The van der Waals surface area contributed by atoms with E-state index in [0.717, 1.165) is 25.1 Å². The maximum absolute atomic E-state index is 13.0. The number of hydrogen-bond donors (Lipinski definition) is 1. The Bertz CT molecular complexity index is 807. The average molecular weight is 423 g/mol. The Morgan fingerprint density at radius 1 is 1.10 bits per heavy atom. The Kier molecular flexibility index (Phi) is 6.70. The number of nitrogens with one attached hydrogen (secondary N) is 1. The van der Waals surface area contributed by atoms with Crippen molar-refractivity contribution < 1.29 is 18.1 Å². The summed E-state index contributed by atoms with van der Waals surface area (Å²) in [4.78, 5) is 16.1. The molecule has 6 nitrogen and oxygen atoms in total. The summed E-state index contributed by atoms with van der Waals surface area (Å²) >= 11 is 0. The highest BCUT2D eigenvalue weighted by Gasteiger charge is 2.32. The lowest BCUT2D eigenvalue weighted by Gasteiger charge is -2.34. The number of nitrogens with zero attached hydrogens (tertiary/aromatic N) is 2. The van der Waals surface area contributed by atoms with Gasteiger partial charge in [0.1, 0.15) is 0 Å². The molecular formula is C22H36N3O3S+. The molecule has 0 spiro atoms. The fourth-order valence-electron chi connectivity index (χ4n) is 4.24. The maximum atomic E-state index is 13.0. The number of piperazine rings is 1. The number of benzene rings is 1. The van der Waals surface area contributed by atoms with Gasteiger partial charge in [-0.25, -0.2) is 8.42 Å².